The molecule has 0 amide bonds. The normalized spacial score (nSPS) is 16.4. The van der Waals surface area contributed by atoms with Gasteiger partial charge in [0.05, 0.1) is 10.9 Å². The second-order valence-corrected chi connectivity index (χ2v) is 6.79. The van der Waals surface area contributed by atoms with Crippen LogP contribution in [0.1, 0.15) is 51.5 Å². The van der Waals surface area contributed by atoms with Crippen molar-refractivity contribution in [3.8, 4) is 0 Å². The summed E-state index contributed by atoms with van der Waals surface area (Å²) in [5.41, 5.74) is 0.972. The van der Waals surface area contributed by atoms with Gasteiger partial charge in [0, 0.05) is 11.8 Å². The number of hydrogen-bond acceptors (Lipinski definition) is 3. The van der Waals surface area contributed by atoms with Crippen LogP contribution in [0.3, 0.4) is 0 Å². The van der Waals surface area contributed by atoms with Crippen molar-refractivity contribution in [2.24, 2.45) is 0 Å². The second-order valence-electron chi connectivity index (χ2n) is 5.73. The predicted octanol–water partition coefficient (Wildman–Crippen LogP) is 4.40. The molecule has 0 spiro atoms. The van der Waals surface area contributed by atoms with Crippen molar-refractivity contribution >= 4 is 22.7 Å². The summed E-state index contributed by atoms with van der Waals surface area (Å²) in [5, 5.41) is 1.66. The van der Waals surface area contributed by atoms with E-state index < -0.39 is 0 Å². The molecule has 0 saturated heterocycles. The van der Waals surface area contributed by atoms with E-state index in [1.54, 1.807) is 11.8 Å². The number of hydrogen-bond donors (Lipinski definition) is 0. The van der Waals surface area contributed by atoms with Crippen LogP contribution in [0.15, 0.2) is 34.2 Å². The molecule has 1 aliphatic rings. The number of thioether (sulfide) groups is 1. The fraction of sp³-hybridized carbons (Fsp3) is 0.529. The lowest BCUT2D eigenvalue weighted by Crippen LogP contribution is -2.29. The SMILES string of the molecule is CCCSc1nc2ccccc2c(=O)n1C1CCCCC1. The van der Waals surface area contributed by atoms with Gasteiger partial charge in [-0.05, 0) is 31.4 Å². The van der Waals surface area contributed by atoms with Gasteiger partial charge in [-0.3, -0.25) is 9.36 Å². The third-order valence-electron chi connectivity index (χ3n) is 4.15. The number of fused-ring (bicyclic) bond motifs is 1. The summed E-state index contributed by atoms with van der Waals surface area (Å²) in [5.74, 6) is 1.01. The van der Waals surface area contributed by atoms with E-state index in [9.17, 15) is 4.79 Å². The van der Waals surface area contributed by atoms with E-state index in [1.165, 1.54) is 19.3 Å². The highest BCUT2D eigenvalue weighted by atomic mass is 32.2. The minimum Gasteiger partial charge on any atom is -0.284 e. The first kappa shape index (κ1) is 14.6. The average Bonchev–Trinajstić information content (AvgIpc) is 2.54. The lowest BCUT2D eigenvalue weighted by atomic mass is 9.95. The molecule has 4 heteroatoms. The molecule has 1 aromatic heterocycles. The van der Waals surface area contributed by atoms with Crippen molar-refractivity contribution in [1.29, 1.82) is 0 Å². The Bertz CT molecular complexity index is 674. The summed E-state index contributed by atoms with van der Waals surface area (Å²) < 4.78 is 1.99. The van der Waals surface area contributed by atoms with E-state index in [4.69, 9.17) is 4.98 Å². The quantitative estimate of drug-likeness (QED) is 0.620. The number of para-hydroxylation sites is 1. The number of aromatic nitrogens is 2. The Morgan fingerprint density at radius 2 is 2.00 bits per heavy atom. The summed E-state index contributed by atoms with van der Waals surface area (Å²) in [4.78, 5) is 17.7. The van der Waals surface area contributed by atoms with Crippen molar-refractivity contribution in [3.63, 3.8) is 0 Å². The van der Waals surface area contributed by atoms with Crippen LogP contribution in [0.4, 0.5) is 0 Å². The van der Waals surface area contributed by atoms with E-state index in [0.29, 0.717) is 6.04 Å². The summed E-state index contributed by atoms with van der Waals surface area (Å²) in [6.45, 7) is 2.16. The van der Waals surface area contributed by atoms with Gasteiger partial charge in [0.2, 0.25) is 0 Å². The third-order valence-corrected chi connectivity index (χ3v) is 5.31. The predicted molar refractivity (Wildman–Crippen MR) is 89.1 cm³/mol. The van der Waals surface area contributed by atoms with Crippen molar-refractivity contribution in [3.05, 3.63) is 34.6 Å². The number of rotatable bonds is 4. The highest BCUT2D eigenvalue weighted by Crippen LogP contribution is 2.31. The van der Waals surface area contributed by atoms with Crippen molar-refractivity contribution in [1.82, 2.24) is 9.55 Å². The van der Waals surface area contributed by atoms with Gasteiger partial charge in [-0.2, -0.15) is 0 Å². The van der Waals surface area contributed by atoms with Crippen LogP contribution in [0.25, 0.3) is 10.9 Å². The van der Waals surface area contributed by atoms with Crippen LogP contribution in [-0.4, -0.2) is 15.3 Å². The van der Waals surface area contributed by atoms with Gasteiger partial charge in [-0.25, -0.2) is 4.98 Å². The van der Waals surface area contributed by atoms with Gasteiger partial charge >= 0.3 is 0 Å². The fourth-order valence-electron chi connectivity index (χ4n) is 3.08. The Kier molecular flexibility index (Phi) is 4.63. The molecule has 1 heterocycles. The Hall–Kier alpha value is -1.29. The molecular weight excluding hydrogens is 280 g/mol. The molecule has 3 nitrogen and oxygen atoms in total. The molecule has 1 saturated carbocycles. The zero-order chi connectivity index (χ0) is 14.7. The van der Waals surface area contributed by atoms with E-state index in [1.807, 2.05) is 28.8 Å². The first-order chi connectivity index (χ1) is 10.3. The standard InChI is InChI=1S/C17H22N2OS/c1-2-12-21-17-18-15-11-7-6-10-14(15)16(20)19(17)13-8-4-3-5-9-13/h6-7,10-11,13H,2-5,8-9,12H2,1H3. The van der Waals surface area contributed by atoms with Crippen LogP contribution >= 0.6 is 11.8 Å². The Labute approximate surface area is 129 Å². The van der Waals surface area contributed by atoms with Gasteiger partial charge in [0.25, 0.3) is 5.56 Å². The Morgan fingerprint density at radius 3 is 2.76 bits per heavy atom. The zero-order valence-corrected chi connectivity index (χ0v) is 13.4. The van der Waals surface area contributed by atoms with Crippen LogP contribution in [0.2, 0.25) is 0 Å². The molecule has 112 valence electrons. The van der Waals surface area contributed by atoms with E-state index in [2.05, 4.69) is 6.92 Å². The van der Waals surface area contributed by atoms with Crippen LogP contribution in [0.5, 0.6) is 0 Å². The molecule has 0 radical (unpaired) electrons. The first-order valence-corrected chi connectivity index (χ1v) is 8.94. The van der Waals surface area contributed by atoms with E-state index in [0.717, 1.165) is 41.1 Å². The monoisotopic (exact) mass is 302 g/mol. The number of nitrogens with zero attached hydrogens (tertiary/aromatic N) is 2. The fourth-order valence-corrected chi connectivity index (χ4v) is 4.00. The van der Waals surface area contributed by atoms with Gasteiger partial charge in [-0.15, -0.1) is 0 Å². The summed E-state index contributed by atoms with van der Waals surface area (Å²) in [6, 6.07) is 8.06. The van der Waals surface area contributed by atoms with Gasteiger partial charge in [0.15, 0.2) is 5.16 Å². The van der Waals surface area contributed by atoms with E-state index >= 15 is 0 Å². The zero-order valence-electron chi connectivity index (χ0n) is 12.5. The van der Waals surface area contributed by atoms with E-state index in [-0.39, 0.29) is 5.56 Å². The van der Waals surface area contributed by atoms with Crippen molar-refractivity contribution < 1.29 is 0 Å². The average molecular weight is 302 g/mol. The lowest BCUT2D eigenvalue weighted by Gasteiger charge is -2.26. The molecule has 0 unspecified atom stereocenters. The maximum Gasteiger partial charge on any atom is 0.262 e. The summed E-state index contributed by atoms with van der Waals surface area (Å²) in [6.07, 6.45) is 7.06. The molecule has 0 bridgehead atoms. The minimum absolute atomic E-state index is 0.145. The third kappa shape index (κ3) is 3.00. The van der Waals surface area contributed by atoms with Crippen LogP contribution < -0.4 is 5.56 Å². The molecular formula is C17H22N2OS. The topological polar surface area (TPSA) is 34.9 Å². The van der Waals surface area contributed by atoms with Crippen LogP contribution in [-0.2, 0) is 0 Å². The molecule has 0 N–H and O–H groups in total. The summed E-state index contributed by atoms with van der Waals surface area (Å²) in [7, 11) is 0. The van der Waals surface area contributed by atoms with Gasteiger partial charge in [0.1, 0.15) is 0 Å². The largest absolute Gasteiger partial charge is 0.284 e. The molecule has 0 atom stereocenters. The molecule has 1 fully saturated rings. The molecule has 1 aromatic carbocycles. The lowest BCUT2D eigenvalue weighted by molar-refractivity contribution is 0.326. The maximum absolute atomic E-state index is 12.9. The smallest absolute Gasteiger partial charge is 0.262 e. The highest BCUT2D eigenvalue weighted by Gasteiger charge is 2.21. The van der Waals surface area contributed by atoms with Crippen molar-refractivity contribution in [2.75, 3.05) is 5.75 Å². The number of benzene rings is 1. The molecule has 1 aliphatic carbocycles. The molecule has 2 aromatic rings. The molecule has 3 rings (SSSR count). The second kappa shape index (κ2) is 6.65. The Balaban J connectivity index is 2.13. The highest BCUT2D eigenvalue weighted by molar-refractivity contribution is 7.99. The van der Waals surface area contributed by atoms with Gasteiger partial charge in [-0.1, -0.05) is 50.1 Å². The molecule has 0 aliphatic heterocycles. The Morgan fingerprint density at radius 1 is 1.24 bits per heavy atom. The minimum atomic E-state index is 0.145. The van der Waals surface area contributed by atoms with Crippen LogP contribution in [0, 0.1) is 0 Å². The maximum atomic E-state index is 12.9. The summed E-state index contributed by atoms with van der Waals surface area (Å²) >= 11 is 1.72. The first-order valence-electron chi connectivity index (χ1n) is 7.95. The van der Waals surface area contributed by atoms with Crippen molar-refractivity contribution in [2.45, 2.75) is 56.6 Å². The van der Waals surface area contributed by atoms with Gasteiger partial charge < -0.3 is 0 Å². The molecule has 21 heavy (non-hydrogen) atoms.